The SMILES string of the molecule is Cc1ccc(S(=O)(=O)N(CC(=O)N/N=C/c2cccc(Br)c2)c2ccc(Cl)cc2C)cc1. The smallest absolute Gasteiger partial charge is 0.264 e. The van der Waals surface area contributed by atoms with Crippen molar-refractivity contribution in [2.75, 3.05) is 10.8 Å². The van der Waals surface area contributed by atoms with Crippen molar-refractivity contribution in [3.8, 4) is 0 Å². The zero-order chi connectivity index (χ0) is 23.3. The first-order chi connectivity index (χ1) is 15.2. The first-order valence-corrected chi connectivity index (χ1v) is 12.2. The second-order valence-electron chi connectivity index (χ2n) is 7.10. The van der Waals surface area contributed by atoms with Gasteiger partial charge in [0.1, 0.15) is 6.54 Å². The Hall–Kier alpha value is -2.68. The highest BCUT2D eigenvalue weighted by Crippen LogP contribution is 2.29. The van der Waals surface area contributed by atoms with Crippen molar-refractivity contribution in [1.29, 1.82) is 0 Å². The van der Waals surface area contributed by atoms with Gasteiger partial charge < -0.3 is 0 Å². The third-order valence-corrected chi connectivity index (χ3v) is 7.08. The molecule has 3 rings (SSSR count). The van der Waals surface area contributed by atoms with Crippen molar-refractivity contribution in [3.63, 3.8) is 0 Å². The van der Waals surface area contributed by atoms with Crippen LogP contribution < -0.4 is 9.73 Å². The molecule has 0 aromatic heterocycles. The molecule has 0 saturated carbocycles. The van der Waals surface area contributed by atoms with E-state index in [1.165, 1.54) is 18.3 Å². The molecule has 1 N–H and O–H groups in total. The van der Waals surface area contributed by atoms with E-state index in [1.807, 2.05) is 31.2 Å². The topological polar surface area (TPSA) is 78.8 Å². The van der Waals surface area contributed by atoms with Gasteiger partial charge >= 0.3 is 0 Å². The summed E-state index contributed by atoms with van der Waals surface area (Å²) in [5.41, 5.74) is 5.09. The summed E-state index contributed by atoms with van der Waals surface area (Å²) in [5, 5.41) is 4.42. The molecule has 0 aliphatic carbocycles. The molecule has 3 aromatic rings. The number of hydrogen-bond acceptors (Lipinski definition) is 4. The number of amides is 1. The second-order valence-corrected chi connectivity index (χ2v) is 10.3. The molecular formula is C23H21BrClN3O3S. The van der Waals surface area contributed by atoms with Crippen LogP contribution in [-0.2, 0) is 14.8 Å². The van der Waals surface area contributed by atoms with E-state index in [0.29, 0.717) is 16.3 Å². The van der Waals surface area contributed by atoms with Gasteiger partial charge in [0.15, 0.2) is 0 Å². The molecule has 0 radical (unpaired) electrons. The highest BCUT2D eigenvalue weighted by Gasteiger charge is 2.28. The van der Waals surface area contributed by atoms with Crippen molar-refractivity contribution >= 4 is 55.4 Å². The number of nitrogens with zero attached hydrogens (tertiary/aromatic N) is 2. The summed E-state index contributed by atoms with van der Waals surface area (Å²) in [7, 11) is -4.01. The van der Waals surface area contributed by atoms with Crippen molar-refractivity contribution < 1.29 is 13.2 Å². The maximum atomic E-state index is 13.4. The summed E-state index contributed by atoms with van der Waals surface area (Å²) >= 11 is 9.41. The predicted octanol–water partition coefficient (Wildman–Crippen LogP) is 5.06. The maximum Gasteiger partial charge on any atom is 0.264 e. The largest absolute Gasteiger partial charge is 0.271 e. The monoisotopic (exact) mass is 533 g/mol. The molecule has 166 valence electrons. The number of sulfonamides is 1. The Morgan fingerprint density at radius 1 is 1.09 bits per heavy atom. The van der Waals surface area contributed by atoms with Gasteiger partial charge in [-0.05, 0) is 67.4 Å². The van der Waals surface area contributed by atoms with Gasteiger partial charge in [-0.25, -0.2) is 13.8 Å². The van der Waals surface area contributed by atoms with Crippen molar-refractivity contribution in [2.24, 2.45) is 5.10 Å². The van der Waals surface area contributed by atoms with E-state index in [1.54, 1.807) is 37.3 Å². The number of carbonyl (C=O) groups is 1. The van der Waals surface area contributed by atoms with E-state index in [0.717, 1.165) is 19.9 Å². The number of hydrazone groups is 1. The number of anilines is 1. The van der Waals surface area contributed by atoms with E-state index in [9.17, 15) is 13.2 Å². The Balaban J connectivity index is 1.88. The highest BCUT2D eigenvalue weighted by molar-refractivity contribution is 9.10. The minimum atomic E-state index is -4.01. The normalized spacial score (nSPS) is 11.5. The average Bonchev–Trinajstić information content (AvgIpc) is 2.73. The number of rotatable bonds is 7. The molecule has 6 nitrogen and oxygen atoms in total. The van der Waals surface area contributed by atoms with Gasteiger partial charge in [-0.2, -0.15) is 5.10 Å². The molecule has 0 saturated heterocycles. The van der Waals surface area contributed by atoms with Gasteiger partial charge in [0, 0.05) is 9.50 Å². The number of nitrogens with one attached hydrogen (secondary N) is 1. The van der Waals surface area contributed by atoms with E-state index >= 15 is 0 Å². The number of hydrogen-bond donors (Lipinski definition) is 1. The molecule has 0 aliphatic rings. The lowest BCUT2D eigenvalue weighted by Crippen LogP contribution is -2.40. The summed E-state index contributed by atoms with van der Waals surface area (Å²) in [6.07, 6.45) is 1.48. The van der Waals surface area contributed by atoms with Crippen LogP contribution in [0, 0.1) is 13.8 Å². The fourth-order valence-corrected chi connectivity index (χ4v) is 5.10. The Morgan fingerprint density at radius 3 is 2.47 bits per heavy atom. The zero-order valence-electron chi connectivity index (χ0n) is 17.4. The molecule has 9 heteroatoms. The van der Waals surface area contributed by atoms with Crippen LogP contribution in [0.3, 0.4) is 0 Å². The fraction of sp³-hybridized carbons (Fsp3) is 0.130. The van der Waals surface area contributed by atoms with Crippen molar-refractivity contribution in [2.45, 2.75) is 18.7 Å². The molecule has 0 aliphatic heterocycles. The average molecular weight is 535 g/mol. The molecule has 32 heavy (non-hydrogen) atoms. The lowest BCUT2D eigenvalue weighted by molar-refractivity contribution is -0.119. The van der Waals surface area contributed by atoms with E-state index in [2.05, 4.69) is 26.5 Å². The maximum absolute atomic E-state index is 13.4. The summed E-state index contributed by atoms with van der Waals surface area (Å²) in [6.45, 7) is 3.16. The molecular weight excluding hydrogens is 514 g/mol. The Bertz CT molecular complexity index is 1260. The summed E-state index contributed by atoms with van der Waals surface area (Å²) in [5.74, 6) is -0.582. The molecule has 0 spiro atoms. The van der Waals surface area contributed by atoms with Crippen LogP contribution in [0.5, 0.6) is 0 Å². The van der Waals surface area contributed by atoms with E-state index < -0.39 is 22.5 Å². The third-order valence-electron chi connectivity index (χ3n) is 4.58. The summed E-state index contributed by atoms with van der Waals surface area (Å²) in [6, 6.07) is 18.7. The van der Waals surface area contributed by atoms with Gasteiger partial charge in [-0.15, -0.1) is 0 Å². The number of benzene rings is 3. The van der Waals surface area contributed by atoms with E-state index in [4.69, 9.17) is 11.6 Å². The van der Waals surface area contributed by atoms with Gasteiger partial charge in [-0.1, -0.05) is 57.4 Å². The van der Waals surface area contributed by atoms with Crippen LogP contribution in [0.1, 0.15) is 16.7 Å². The lowest BCUT2D eigenvalue weighted by atomic mass is 10.2. The summed E-state index contributed by atoms with van der Waals surface area (Å²) in [4.78, 5) is 12.7. The van der Waals surface area contributed by atoms with Crippen LogP contribution >= 0.6 is 27.5 Å². The van der Waals surface area contributed by atoms with E-state index in [-0.39, 0.29) is 4.90 Å². The Kier molecular flexibility index (Phi) is 7.71. The Morgan fingerprint density at radius 2 is 1.81 bits per heavy atom. The van der Waals surface area contributed by atoms with Crippen molar-refractivity contribution in [1.82, 2.24) is 5.43 Å². The zero-order valence-corrected chi connectivity index (χ0v) is 20.6. The van der Waals surface area contributed by atoms with Crippen LogP contribution in [0.4, 0.5) is 5.69 Å². The van der Waals surface area contributed by atoms with Crippen LogP contribution in [0.15, 0.2) is 81.2 Å². The van der Waals surface area contributed by atoms with Crippen LogP contribution in [-0.4, -0.2) is 27.1 Å². The minimum Gasteiger partial charge on any atom is -0.271 e. The lowest BCUT2D eigenvalue weighted by Gasteiger charge is -2.25. The molecule has 3 aromatic carbocycles. The van der Waals surface area contributed by atoms with Crippen LogP contribution in [0.25, 0.3) is 0 Å². The first kappa shape index (κ1) is 24.0. The molecule has 0 heterocycles. The number of aryl methyl sites for hydroxylation is 2. The van der Waals surface area contributed by atoms with Gasteiger partial charge in [0.2, 0.25) is 0 Å². The Labute approximate surface area is 201 Å². The third kappa shape index (κ3) is 5.97. The first-order valence-electron chi connectivity index (χ1n) is 9.60. The molecule has 0 unspecified atom stereocenters. The van der Waals surface area contributed by atoms with Crippen molar-refractivity contribution in [3.05, 3.63) is 92.9 Å². The second kappa shape index (κ2) is 10.3. The predicted molar refractivity (Wildman–Crippen MR) is 132 cm³/mol. The summed E-state index contributed by atoms with van der Waals surface area (Å²) < 4.78 is 28.8. The highest BCUT2D eigenvalue weighted by atomic mass is 79.9. The standard InChI is InChI=1S/C23H21BrClN3O3S/c1-16-6-9-21(10-7-16)32(30,31)28(22-11-8-20(25)12-17(22)2)15-23(29)27-26-14-18-4-3-5-19(24)13-18/h3-14H,15H2,1-2H3,(H,27,29)/b26-14+. The quantitative estimate of drug-likeness (QED) is 0.340. The molecule has 1 amide bonds. The van der Waals surface area contributed by atoms with Crippen LogP contribution in [0.2, 0.25) is 5.02 Å². The molecule has 0 bridgehead atoms. The number of halogens is 2. The molecule has 0 fully saturated rings. The minimum absolute atomic E-state index is 0.0860. The molecule has 0 atom stereocenters. The fourth-order valence-electron chi connectivity index (χ4n) is 2.97. The van der Waals surface area contributed by atoms with Gasteiger partial charge in [-0.3, -0.25) is 9.10 Å². The van der Waals surface area contributed by atoms with Gasteiger partial charge in [0.05, 0.1) is 16.8 Å². The van der Waals surface area contributed by atoms with Gasteiger partial charge in [0.25, 0.3) is 15.9 Å². The number of carbonyl (C=O) groups excluding carboxylic acids is 1.